The number of rotatable bonds is 5. The first-order chi connectivity index (χ1) is 11.8. The lowest BCUT2D eigenvalue weighted by Crippen LogP contribution is -2.28. The van der Waals surface area contributed by atoms with Crippen LogP contribution in [0.25, 0.3) is 0 Å². The summed E-state index contributed by atoms with van der Waals surface area (Å²) in [7, 11) is 1.63. The third kappa shape index (κ3) is 4.02. The van der Waals surface area contributed by atoms with Gasteiger partial charge >= 0.3 is 0 Å². The van der Waals surface area contributed by atoms with Gasteiger partial charge in [-0.05, 0) is 35.4 Å². The van der Waals surface area contributed by atoms with Crippen LogP contribution in [-0.4, -0.2) is 35.1 Å². The number of carbonyl (C=O) groups excluding carboxylic acids is 1. The van der Waals surface area contributed by atoms with Crippen molar-refractivity contribution in [3.8, 4) is 5.75 Å². The van der Waals surface area contributed by atoms with E-state index in [0.29, 0.717) is 17.5 Å². The lowest BCUT2D eigenvalue weighted by Gasteiger charge is -2.14. The van der Waals surface area contributed by atoms with Gasteiger partial charge in [-0.1, -0.05) is 42.1 Å². The zero-order valence-electron chi connectivity index (χ0n) is 13.3. The minimum atomic E-state index is 0.0576. The van der Waals surface area contributed by atoms with Gasteiger partial charge in [-0.15, -0.1) is 5.10 Å². The van der Waals surface area contributed by atoms with Crippen molar-refractivity contribution >= 4 is 29.1 Å². The maximum atomic E-state index is 12.1. The second-order valence-corrected chi connectivity index (χ2v) is 6.10. The first-order valence-electron chi connectivity index (χ1n) is 7.48. The summed E-state index contributed by atoms with van der Waals surface area (Å²) in [6.45, 7) is 0.517. The van der Waals surface area contributed by atoms with Crippen molar-refractivity contribution in [1.82, 2.24) is 4.90 Å². The number of nitrogens with zero attached hydrogens (tertiary/aromatic N) is 3. The van der Waals surface area contributed by atoms with Gasteiger partial charge < -0.3 is 4.74 Å². The Morgan fingerprint density at radius 2 is 1.92 bits per heavy atom. The lowest BCUT2D eigenvalue weighted by atomic mass is 10.2. The average molecular weight is 339 g/mol. The minimum absolute atomic E-state index is 0.0576. The Bertz CT molecular complexity index is 758. The predicted octanol–water partition coefficient (Wildman–Crippen LogP) is 3.16. The fraction of sp³-hybridized carbons (Fsp3) is 0.167. The molecule has 2 aromatic rings. The van der Waals surface area contributed by atoms with Crippen molar-refractivity contribution in [2.75, 3.05) is 12.9 Å². The van der Waals surface area contributed by atoms with Crippen LogP contribution in [0.3, 0.4) is 0 Å². The predicted molar refractivity (Wildman–Crippen MR) is 97.5 cm³/mol. The molecule has 1 aliphatic rings. The fourth-order valence-electron chi connectivity index (χ4n) is 2.23. The standard InChI is InChI=1S/C18H17N3O2S/c1-23-16-9-7-14(8-10-16)11-19-20-18-21(17(22)13-24-18)12-15-5-3-2-4-6-15/h2-11H,12-13H2,1H3/b19-11+,20-18?. The Balaban J connectivity index is 1.70. The molecule has 1 saturated heterocycles. The monoisotopic (exact) mass is 339 g/mol. The van der Waals surface area contributed by atoms with E-state index >= 15 is 0 Å². The molecule has 2 aromatic carbocycles. The summed E-state index contributed by atoms with van der Waals surface area (Å²) in [6, 6.07) is 17.4. The topological polar surface area (TPSA) is 54.3 Å². The molecule has 0 saturated carbocycles. The van der Waals surface area contributed by atoms with Crippen LogP contribution in [0, 0.1) is 0 Å². The molecule has 24 heavy (non-hydrogen) atoms. The van der Waals surface area contributed by atoms with Crippen molar-refractivity contribution in [3.05, 3.63) is 65.7 Å². The van der Waals surface area contributed by atoms with E-state index in [1.165, 1.54) is 11.8 Å². The normalized spacial score (nSPS) is 16.3. The molecule has 0 radical (unpaired) electrons. The molecular weight excluding hydrogens is 322 g/mol. The van der Waals surface area contributed by atoms with Gasteiger partial charge in [0, 0.05) is 0 Å². The molecule has 1 heterocycles. The molecule has 0 N–H and O–H groups in total. The summed E-state index contributed by atoms with van der Waals surface area (Å²) in [5.74, 6) is 1.26. The highest BCUT2D eigenvalue weighted by atomic mass is 32.2. The summed E-state index contributed by atoms with van der Waals surface area (Å²) in [5, 5.41) is 8.96. The summed E-state index contributed by atoms with van der Waals surface area (Å²) in [6.07, 6.45) is 1.66. The number of carbonyl (C=O) groups is 1. The zero-order valence-corrected chi connectivity index (χ0v) is 14.1. The third-order valence-corrected chi connectivity index (χ3v) is 4.46. The van der Waals surface area contributed by atoms with Crippen molar-refractivity contribution in [2.45, 2.75) is 6.54 Å². The summed E-state index contributed by atoms with van der Waals surface area (Å²) < 4.78 is 5.12. The molecule has 5 nitrogen and oxygen atoms in total. The molecule has 0 aliphatic carbocycles. The van der Waals surface area contributed by atoms with Gasteiger partial charge in [-0.3, -0.25) is 9.69 Å². The van der Waals surface area contributed by atoms with E-state index in [4.69, 9.17) is 4.74 Å². The van der Waals surface area contributed by atoms with Crippen molar-refractivity contribution < 1.29 is 9.53 Å². The van der Waals surface area contributed by atoms with E-state index in [9.17, 15) is 4.79 Å². The van der Waals surface area contributed by atoms with Crippen LogP contribution in [0.1, 0.15) is 11.1 Å². The highest BCUT2D eigenvalue weighted by Crippen LogP contribution is 2.22. The second-order valence-electron chi connectivity index (χ2n) is 5.15. The van der Waals surface area contributed by atoms with Gasteiger partial charge in [0.05, 0.1) is 25.6 Å². The molecule has 1 amide bonds. The maximum absolute atomic E-state index is 12.1. The minimum Gasteiger partial charge on any atom is -0.497 e. The maximum Gasteiger partial charge on any atom is 0.239 e. The van der Waals surface area contributed by atoms with Gasteiger partial charge in [0.25, 0.3) is 0 Å². The highest BCUT2D eigenvalue weighted by molar-refractivity contribution is 8.15. The van der Waals surface area contributed by atoms with Gasteiger partial charge in [-0.2, -0.15) is 5.10 Å². The number of benzene rings is 2. The number of thioether (sulfide) groups is 1. The average Bonchev–Trinajstić information content (AvgIpc) is 2.97. The Hall–Kier alpha value is -2.60. The molecule has 0 unspecified atom stereocenters. The molecule has 0 spiro atoms. The SMILES string of the molecule is COc1ccc(/C=N/N=C2SCC(=O)N2Cc2ccccc2)cc1. The Morgan fingerprint density at radius 1 is 1.17 bits per heavy atom. The van der Waals surface area contributed by atoms with E-state index in [0.717, 1.165) is 16.9 Å². The van der Waals surface area contributed by atoms with E-state index in [2.05, 4.69) is 10.2 Å². The fourth-order valence-corrected chi connectivity index (χ4v) is 3.06. The van der Waals surface area contributed by atoms with Crippen molar-refractivity contribution in [2.24, 2.45) is 10.2 Å². The highest BCUT2D eigenvalue weighted by Gasteiger charge is 2.28. The molecule has 6 heteroatoms. The van der Waals surface area contributed by atoms with E-state index in [1.807, 2.05) is 54.6 Å². The number of ether oxygens (including phenoxy) is 1. The molecular formula is C18H17N3O2S. The first kappa shape index (κ1) is 16.3. The van der Waals surface area contributed by atoms with Crippen LogP contribution in [0.4, 0.5) is 0 Å². The summed E-state index contributed by atoms with van der Waals surface area (Å²) in [4.78, 5) is 13.7. The van der Waals surface area contributed by atoms with Gasteiger partial charge in [0.1, 0.15) is 5.75 Å². The molecule has 0 aromatic heterocycles. The van der Waals surface area contributed by atoms with Crippen LogP contribution < -0.4 is 4.74 Å². The van der Waals surface area contributed by atoms with Gasteiger partial charge in [-0.25, -0.2) is 0 Å². The number of methoxy groups -OCH3 is 1. The number of hydrogen-bond donors (Lipinski definition) is 0. The Kier molecular flexibility index (Phi) is 5.28. The second kappa shape index (κ2) is 7.79. The molecule has 1 aliphatic heterocycles. The van der Waals surface area contributed by atoms with E-state index < -0.39 is 0 Å². The summed E-state index contributed by atoms with van der Waals surface area (Å²) in [5.41, 5.74) is 1.99. The molecule has 122 valence electrons. The molecule has 0 atom stereocenters. The molecule has 1 fully saturated rings. The summed E-state index contributed by atoms with van der Waals surface area (Å²) >= 11 is 1.41. The van der Waals surface area contributed by atoms with Crippen LogP contribution >= 0.6 is 11.8 Å². The quantitative estimate of drug-likeness (QED) is 0.621. The number of hydrogen-bond acceptors (Lipinski definition) is 5. The molecule has 3 rings (SSSR count). The number of amidine groups is 1. The van der Waals surface area contributed by atoms with Crippen LogP contribution in [0.15, 0.2) is 64.8 Å². The van der Waals surface area contributed by atoms with E-state index in [-0.39, 0.29) is 5.91 Å². The molecule has 0 bridgehead atoms. The van der Waals surface area contributed by atoms with Crippen LogP contribution in [0.5, 0.6) is 5.75 Å². The van der Waals surface area contributed by atoms with Crippen molar-refractivity contribution in [1.29, 1.82) is 0 Å². The third-order valence-electron chi connectivity index (χ3n) is 3.51. The van der Waals surface area contributed by atoms with Gasteiger partial charge in [0.2, 0.25) is 5.91 Å². The van der Waals surface area contributed by atoms with Crippen LogP contribution in [0.2, 0.25) is 0 Å². The van der Waals surface area contributed by atoms with Crippen LogP contribution in [-0.2, 0) is 11.3 Å². The smallest absolute Gasteiger partial charge is 0.239 e. The Labute approximate surface area is 145 Å². The zero-order chi connectivity index (χ0) is 16.8. The van der Waals surface area contributed by atoms with E-state index in [1.54, 1.807) is 18.2 Å². The lowest BCUT2D eigenvalue weighted by molar-refractivity contribution is -0.124. The number of amides is 1. The van der Waals surface area contributed by atoms with Gasteiger partial charge in [0.15, 0.2) is 5.17 Å². The Morgan fingerprint density at radius 3 is 2.62 bits per heavy atom. The largest absolute Gasteiger partial charge is 0.497 e. The first-order valence-corrected chi connectivity index (χ1v) is 8.47. The van der Waals surface area contributed by atoms with Crippen molar-refractivity contribution in [3.63, 3.8) is 0 Å².